The lowest BCUT2D eigenvalue weighted by Crippen LogP contribution is -2.14. The van der Waals surface area contributed by atoms with Crippen LogP contribution in [0, 0.1) is 13.8 Å². The highest BCUT2D eigenvalue weighted by molar-refractivity contribution is 6.30. The van der Waals surface area contributed by atoms with Gasteiger partial charge in [-0.15, -0.1) is 0 Å². The third-order valence-electron chi connectivity index (χ3n) is 2.82. The van der Waals surface area contributed by atoms with Gasteiger partial charge in [0.25, 0.3) is 5.91 Å². The Hall–Kier alpha value is -2.07. The summed E-state index contributed by atoms with van der Waals surface area (Å²) in [6, 6.07) is 6.89. The van der Waals surface area contributed by atoms with Gasteiger partial charge in [0.1, 0.15) is 5.69 Å². The van der Waals surface area contributed by atoms with E-state index in [9.17, 15) is 4.79 Å². The Morgan fingerprint density at radius 3 is 2.63 bits per heavy atom. The molecule has 0 aliphatic carbocycles. The second-order valence-electron chi connectivity index (χ2n) is 4.34. The number of aryl methyl sites for hydroxylation is 2. The zero-order chi connectivity index (χ0) is 14.0. The number of nitrogen functional groups attached to an aromatic ring is 1. The number of hydrogen-bond donors (Lipinski definition) is 2. The van der Waals surface area contributed by atoms with E-state index in [2.05, 4.69) is 10.3 Å². The standard InChI is InChI=1S/C14H14ClN3O/c1-8-6-13(9(2)5-11(8)16)18-14(19)12-4-3-10(15)7-17-12/h3-7H,16H2,1-2H3,(H,18,19). The summed E-state index contributed by atoms with van der Waals surface area (Å²) in [4.78, 5) is 16.0. The van der Waals surface area contributed by atoms with Crippen molar-refractivity contribution in [2.24, 2.45) is 0 Å². The van der Waals surface area contributed by atoms with E-state index in [1.807, 2.05) is 26.0 Å². The molecule has 0 radical (unpaired) electrons. The molecule has 98 valence electrons. The Labute approximate surface area is 116 Å². The van der Waals surface area contributed by atoms with Crippen molar-refractivity contribution >= 4 is 28.9 Å². The summed E-state index contributed by atoms with van der Waals surface area (Å²) in [6.07, 6.45) is 1.44. The Morgan fingerprint density at radius 2 is 2.00 bits per heavy atom. The first-order valence-electron chi connectivity index (χ1n) is 5.77. The lowest BCUT2D eigenvalue weighted by molar-refractivity contribution is 0.102. The van der Waals surface area contributed by atoms with E-state index in [1.54, 1.807) is 12.1 Å². The van der Waals surface area contributed by atoms with Crippen molar-refractivity contribution in [3.05, 3.63) is 52.3 Å². The van der Waals surface area contributed by atoms with Crippen molar-refractivity contribution in [1.29, 1.82) is 0 Å². The molecule has 0 saturated heterocycles. The molecule has 5 heteroatoms. The molecule has 2 rings (SSSR count). The maximum absolute atomic E-state index is 12.0. The number of anilines is 2. The molecule has 1 heterocycles. The van der Waals surface area contributed by atoms with E-state index in [1.165, 1.54) is 6.20 Å². The van der Waals surface area contributed by atoms with E-state index in [0.717, 1.165) is 16.8 Å². The van der Waals surface area contributed by atoms with Crippen LogP contribution in [0.15, 0.2) is 30.5 Å². The number of rotatable bonds is 2. The fourth-order valence-electron chi connectivity index (χ4n) is 1.67. The lowest BCUT2D eigenvalue weighted by atomic mass is 10.1. The fourth-order valence-corrected chi connectivity index (χ4v) is 1.78. The Morgan fingerprint density at radius 1 is 1.26 bits per heavy atom. The number of benzene rings is 1. The van der Waals surface area contributed by atoms with Crippen molar-refractivity contribution in [2.45, 2.75) is 13.8 Å². The molecule has 0 fully saturated rings. The second kappa shape index (κ2) is 5.28. The third-order valence-corrected chi connectivity index (χ3v) is 3.04. The van der Waals surface area contributed by atoms with Crippen molar-refractivity contribution < 1.29 is 4.79 Å². The highest BCUT2D eigenvalue weighted by Crippen LogP contribution is 2.22. The summed E-state index contributed by atoms with van der Waals surface area (Å²) in [6.45, 7) is 3.78. The molecule has 1 amide bonds. The Bertz CT molecular complexity index is 623. The van der Waals surface area contributed by atoms with Gasteiger partial charge < -0.3 is 11.1 Å². The monoisotopic (exact) mass is 275 g/mol. The summed E-state index contributed by atoms with van der Waals surface area (Å²) in [5, 5.41) is 3.31. The van der Waals surface area contributed by atoms with Crippen LogP contribution in [0.2, 0.25) is 5.02 Å². The minimum Gasteiger partial charge on any atom is -0.399 e. The average molecular weight is 276 g/mol. The van der Waals surface area contributed by atoms with Gasteiger partial charge in [0, 0.05) is 17.6 Å². The molecular formula is C14H14ClN3O. The maximum atomic E-state index is 12.0. The quantitative estimate of drug-likeness (QED) is 0.827. The van der Waals surface area contributed by atoms with Crippen molar-refractivity contribution in [3.63, 3.8) is 0 Å². The number of nitrogens with zero attached hydrogens (tertiary/aromatic N) is 1. The number of carbonyl (C=O) groups is 1. The van der Waals surface area contributed by atoms with Gasteiger partial charge in [0.05, 0.1) is 5.02 Å². The number of aromatic nitrogens is 1. The highest BCUT2D eigenvalue weighted by atomic mass is 35.5. The maximum Gasteiger partial charge on any atom is 0.274 e. The molecule has 19 heavy (non-hydrogen) atoms. The summed E-state index contributed by atoms with van der Waals surface area (Å²) in [5.74, 6) is -0.274. The van der Waals surface area contributed by atoms with Crippen molar-refractivity contribution in [3.8, 4) is 0 Å². The van der Waals surface area contributed by atoms with E-state index >= 15 is 0 Å². The molecule has 0 aliphatic rings. The predicted octanol–water partition coefficient (Wildman–Crippen LogP) is 3.19. The minimum atomic E-state index is -0.274. The molecule has 0 spiro atoms. The molecule has 3 N–H and O–H groups in total. The summed E-state index contributed by atoms with van der Waals surface area (Å²) in [5.41, 5.74) is 9.39. The van der Waals surface area contributed by atoms with Crippen LogP contribution in [0.5, 0.6) is 0 Å². The number of amides is 1. The smallest absolute Gasteiger partial charge is 0.274 e. The molecule has 0 atom stereocenters. The van der Waals surface area contributed by atoms with E-state index in [0.29, 0.717) is 16.4 Å². The molecule has 1 aromatic heterocycles. The number of carbonyl (C=O) groups excluding carboxylic acids is 1. The first-order valence-corrected chi connectivity index (χ1v) is 6.15. The summed E-state index contributed by atoms with van der Waals surface area (Å²) in [7, 11) is 0. The van der Waals surface area contributed by atoms with Gasteiger partial charge >= 0.3 is 0 Å². The number of nitrogens with two attached hydrogens (primary N) is 1. The van der Waals surface area contributed by atoms with Gasteiger partial charge in [-0.2, -0.15) is 0 Å². The number of pyridine rings is 1. The van der Waals surface area contributed by atoms with Gasteiger partial charge in [-0.25, -0.2) is 4.98 Å². The van der Waals surface area contributed by atoms with Crippen LogP contribution >= 0.6 is 11.6 Å². The van der Waals surface area contributed by atoms with Crippen molar-refractivity contribution in [2.75, 3.05) is 11.1 Å². The van der Waals surface area contributed by atoms with Gasteiger partial charge in [-0.1, -0.05) is 11.6 Å². The van der Waals surface area contributed by atoms with Gasteiger partial charge in [0.2, 0.25) is 0 Å². The normalized spacial score (nSPS) is 10.3. The zero-order valence-electron chi connectivity index (χ0n) is 10.7. The molecular weight excluding hydrogens is 262 g/mol. The molecule has 4 nitrogen and oxygen atoms in total. The summed E-state index contributed by atoms with van der Waals surface area (Å²) >= 11 is 5.73. The van der Waals surface area contributed by atoms with Gasteiger partial charge in [-0.3, -0.25) is 4.79 Å². The highest BCUT2D eigenvalue weighted by Gasteiger charge is 2.10. The summed E-state index contributed by atoms with van der Waals surface area (Å²) < 4.78 is 0. The predicted molar refractivity (Wildman–Crippen MR) is 77.5 cm³/mol. The van der Waals surface area contributed by atoms with E-state index in [-0.39, 0.29) is 5.91 Å². The molecule has 2 aromatic rings. The first kappa shape index (κ1) is 13.4. The SMILES string of the molecule is Cc1cc(NC(=O)c2ccc(Cl)cn2)c(C)cc1N. The molecule has 0 saturated carbocycles. The Balaban J connectivity index is 2.24. The molecule has 1 aromatic carbocycles. The topological polar surface area (TPSA) is 68.0 Å². The van der Waals surface area contributed by atoms with Crippen LogP contribution in [0.3, 0.4) is 0 Å². The fraction of sp³-hybridized carbons (Fsp3) is 0.143. The number of nitrogens with one attached hydrogen (secondary N) is 1. The van der Waals surface area contributed by atoms with Crippen LogP contribution < -0.4 is 11.1 Å². The molecule has 0 bridgehead atoms. The van der Waals surface area contributed by atoms with Crippen LogP contribution in [0.1, 0.15) is 21.6 Å². The van der Waals surface area contributed by atoms with Crippen molar-refractivity contribution in [1.82, 2.24) is 4.98 Å². The number of halogens is 1. The van der Waals surface area contributed by atoms with E-state index in [4.69, 9.17) is 17.3 Å². The van der Waals surface area contributed by atoms with Gasteiger partial charge in [0.15, 0.2) is 0 Å². The molecule has 0 unspecified atom stereocenters. The molecule has 0 aliphatic heterocycles. The van der Waals surface area contributed by atoms with Crippen LogP contribution in [-0.2, 0) is 0 Å². The number of hydrogen-bond acceptors (Lipinski definition) is 3. The third kappa shape index (κ3) is 3.03. The first-order chi connectivity index (χ1) is 8.97. The lowest BCUT2D eigenvalue weighted by Gasteiger charge is -2.11. The average Bonchev–Trinajstić information content (AvgIpc) is 2.36. The Kier molecular flexibility index (Phi) is 3.71. The largest absolute Gasteiger partial charge is 0.399 e. The van der Waals surface area contributed by atoms with Crippen LogP contribution in [0.25, 0.3) is 0 Å². The second-order valence-corrected chi connectivity index (χ2v) is 4.78. The van der Waals surface area contributed by atoms with Crippen LogP contribution in [0.4, 0.5) is 11.4 Å². The van der Waals surface area contributed by atoms with Crippen LogP contribution in [-0.4, -0.2) is 10.9 Å². The van der Waals surface area contributed by atoms with Gasteiger partial charge in [-0.05, 0) is 49.2 Å². The zero-order valence-corrected chi connectivity index (χ0v) is 11.5. The van der Waals surface area contributed by atoms with E-state index < -0.39 is 0 Å². The minimum absolute atomic E-state index is 0.274.